The second-order valence-electron chi connectivity index (χ2n) is 2.37. The maximum absolute atomic E-state index is 12.5. The molecular formula is C9H8F2O2. The molecule has 0 aliphatic heterocycles. The lowest BCUT2D eigenvalue weighted by Gasteiger charge is -2.13. The van der Waals surface area contributed by atoms with Gasteiger partial charge in [0.15, 0.2) is 0 Å². The van der Waals surface area contributed by atoms with Crippen molar-refractivity contribution in [2.45, 2.75) is 6.11 Å². The van der Waals surface area contributed by atoms with Crippen molar-refractivity contribution in [2.75, 3.05) is 0 Å². The van der Waals surface area contributed by atoms with Crippen molar-refractivity contribution < 1.29 is 18.6 Å². The number of aromatic hydroxyl groups is 1. The van der Waals surface area contributed by atoms with Crippen LogP contribution < -0.4 is 4.74 Å². The number of rotatable bonds is 3. The van der Waals surface area contributed by atoms with Gasteiger partial charge in [-0.1, -0.05) is 12.6 Å². The molecule has 0 atom stereocenters. The van der Waals surface area contributed by atoms with Gasteiger partial charge in [-0.05, 0) is 12.1 Å². The Labute approximate surface area is 74.1 Å². The van der Waals surface area contributed by atoms with E-state index >= 15 is 0 Å². The van der Waals surface area contributed by atoms with Crippen molar-refractivity contribution in [3.05, 3.63) is 36.9 Å². The van der Waals surface area contributed by atoms with Crippen LogP contribution in [0.1, 0.15) is 0 Å². The lowest BCUT2D eigenvalue weighted by molar-refractivity contribution is -0.131. The molecule has 0 heterocycles. The van der Waals surface area contributed by atoms with Crippen LogP contribution in [0.2, 0.25) is 0 Å². The SMILES string of the molecule is C=CC(F)(F)Oc1cccc(O)c1. The number of halogens is 2. The molecule has 2 nitrogen and oxygen atoms in total. The predicted octanol–water partition coefficient (Wildman–Crippen LogP) is 2.55. The zero-order valence-corrected chi connectivity index (χ0v) is 6.71. The number of ether oxygens (including phenoxy) is 1. The van der Waals surface area contributed by atoms with Gasteiger partial charge in [0.2, 0.25) is 0 Å². The van der Waals surface area contributed by atoms with E-state index in [1.807, 2.05) is 0 Å². The van der Waals surface area contributed by atoms with Gasteiger partial charge >= 0.3 is 6.11 Å². The quantitative estimate of drug-likeness (QED) is 0.735. The Morgan fingerprint density at radius 1 is 1.46 bits per heavy atom. The van der Waals surface area contributed by atoms with Gasteiger partial charge < -0.3 is 9.84 Å². The number of hydrogen-bond donors (Lipinski definition) is 1. The predicted molar refractivity (Wildman–Crippen MR) is 43.9 cm³/mol. The molecule has 1 rings (SSSR count). The number of phenolic OH excluding ortho intramolecular Hbond substituents is 1. The average molecular weight is 186 g/mol. The lowest BCUT2D eigenvalue weighted by atomic mass is 10.3. The van der Waals surface area contributed by atoms with Crippen LogP contribution in [0.15, 0.2) is 36.9 Å². The number of hydrogen-bond acceptors (Lipinski definition) is 2. The Kier molecular flexibility index (Phi) is 2.51. The van der Waals surface area contributed by atoms with E-state index in [1.54, 1.807) is 0 Å². The topological polar surface area (TPSA) is 29.5 Å². The fourth-order valence-electron chi connectivity index (χ4n) is 0.746. The minimum atomic E-state index is -3.41. The van der Waals surface area contributed by atoms with Crippen LogP contribution in [0.4, 0.5) is 8.78 Å². The summed E-state index contributed by atoms with van der Waals surface area (Å²) < 4.78 is 29.3. The van der Waals surface area contributed by atoms with Gasteiger partial charge in [-0.2, -0.15) is 8.78 Å². The summed E-state index contributed by atoms with van der Waals surface area (Å²) in [5.74, 6) is -0.234. The normalized spacial score (nSPS) is 10.9. The number of benzene rings is 1. The van der Waals surface area contributed by atoms with E-state index in [0.717, 1.165) is 6.07 Å². The summed E-state index contributed by atoms with van der Waals surface area (Å²) in [7, 11) is 0. The molecule has 0 saturated heterocycles. The largest absolute Gasteiger partial charge is 0.508 e. The van der Waals surface area contributed by atoms with Crippen LogP contribution in [0.3, 0.4) is 0 Å². The maximum Gasteiger partial charge on any atom is 0.419 e. The van der Waals surface area contributed by atoms with E-state index in [2.05, 4.69) is 11.3 Å². The highest BCUT2D eigenvalue weighted by Gasteiger charge is 2.26. The van der Waals surface area contributed by atoms with Crippen molar-refractivity contribution in [1.29, 1.82) is 0 Å². The first-order chi connectivity index (χ1) is 6.03. The van der Waals surface area contributed by atoms with Crippen LogP contribution in [-0.4, -0.2) is 11.2 Å². The summed E-state index contributed by atoms with van der Waals surface area (Å²) >= 11 is 0. The highest BCUT2D eigenvalue weighted by molar-refractivity contribution is 5.32. The summed E-state index contributed by atoms with van der Waals surface area (Å²) in [6, 6.07) is 5.18. The molecule has 0 bridgehead atoms. The fraction of sp³-hybridized carbons (Fsp3) is 0.111. The first kappa shape index (κ1) is 9.51. The van der Waals surface area contributed by atoms with Gasteiger partial charge in [0, 0.05) is 12.1 Å². The molecule has 13 heavy (non-hydrogen) atoms. The molecular weight excluding hydrogens is 178 g/mol. The Morgan fingerprint density at radius 2 is 2.15 bits per heavy atom. The van der Waals surface area contributed by atoms with Crippen LogP contribution in [0, 0.1) is 0 Å². The molecule has 4 heteroatoms. The second-order valence-corrected chi connectivity index (χ2v) is 2.37. The maximum atomic E-state index is 12.5. The third kappa shape index (κ3) is 2.74. The van der Waals surface area contributed by atoms with Crippen LogP contribution in [0.25, 0.3) is 0 Å². The summed E-state index contributed by atoms with van der Waals surface area (Å²) in [6.45, 7) is 2.91. The van der Waals surface area contributed by atoms with Crippen molar-refractivity contribution in [3.63, 3.8) is 0 Å². The monoisotopic (exact) mass is 186 g/mol. The molecule has 0 spiro atoms. The van der Waals surface area contributed by atoms with Gasteiger partial charge in [-0.15, -0.1) is 0 Å². The third-order valence-corrected chi connectivity index (χ3v) is 1.31. The summed E-state index contributed by atoms with van der Waals surface area (Å²) in [4.78, 5) is 0. The molecule has 70 valence electrons. The van der Waals surface area contributed by atoms with Gasteiger partial charge in [0.1, 0.15) is 11.5 Å². The first-order valence-electron chi connectivity index (χ1n) is 3.53. The van der Waals surface area contributed by atoms with Crippen molar-refractivity contribution >= 4 is 0 Å². The molecule has 0 aromatic heterocycles. The number of phenols is 1. The highest BCUT2D eigenvalue weighted by atomic mass is 19.3. The molecule has 0 radical (unpaired) electrons. The summed E-state index contributed by atoms with van der Waals surface area (Å²) in [5, 5.41) is 8.93. The summed E-state index contributed by atoms with van der Waals surface area (Å²) in [5.41, 5.74) is 0. The van der Waals surface area contributed by atoms with Crippen molar-refractivity contribution in [1.82, 2.24) is 0 Å². The molecule has 0 unspecified atom stereocenters. The van der Waals surface area contributed by atoms with Crippen molar-refractivity contribution in [3.8, 4) is 11.5 Å². The molecule has 0 aliphatic carbocycles. The lowest BCUT2D eigenvalue weighted by Crippen LogP contribution is -2.20. The fourth-order valence-corrected chi connectivity index (χ4v) is 0.746. The van der Waals surface area contributed by atoms with Crippen molar-refractivity contribution in [2.24, 2.45) is 0 Å². The molecule has 0 amide bonds. The second kappa shape index (κ2) is 3.43. The minimum Gasteiger partial charge on any atom is -0.508 e. The zero-order valence-electron chi connectivity index (χ0n) is 6.71. The first-order valence-corrected chi connectivity index (χ1v) is 3.53. The van der Waals surface area contributed by atoms with Crippen LogP contribution in [0.5, 0.6) is 11.5 Å². The van der Waals surface area contributed by atoms with Crippen LogP contribution >= 0.6 is 0 Å². The van der Waals surface area contributed by atoms with Gasteiger partial charge in [-0.3, -0.25) is 0 Å². The minimum absolute atomic E-state index is 0.107. The van der Waals surface area contributed by atoms with E-state index < -0.39 is 6.11 Å². The van der Waals surface area contributed by atoms with E-state index in [9.17, 15) is 8.78 Å². The average Bonchev–Trinajstić information content (AvgIpc) is 2.03. The summed E-state index contributed by atoms with van der Waals surface area (Å²) in [6.07, 6.45) is -3.02. The Bertz CT molecular complexity index is 310. The van der Waals surface area contributed by atoms with Gasteiger partial charge in [0.25, 0.3) is 0 Å². The van der Waals surface area contributed by atoms with E-state index in [4.69, 9.17) is 5.11 Å². The molecule has 1 N–H and O–H groups in total. The van der Waals surface area contributed by atoms with E-state index in [0.29, 0.717) is 6.08 Å². The standard InChI is InChI=1S/C9H8F2O2/c1-2-9(10,11)13-8-5-3-4-7(12)6-8/h2-6,12H,1H2. The smallest absolute Gasteiger partial charge is 0.419 e. The third-order valence-electron chi connectivity index (χ3n) is 1.31. The van der Waals surface area contributed by atoms with Crippen LogP contribution in [-0.2, 0) is 0 Å². The Hall–Kier alpha value is -1.58. The van der Waals surface area contributed by atoms with Gasteiger partial charge in [0.05, 0.1) is 0 Å². The molecule has 0 fully saturated rings. The Balaban J connectivity index is 2.80. The molecule has 1 aromatic carbocycles. The van der Waals surface area contributed by atoms with E-state index in [-0.39, 0.29) is 11.5 Å². The molecule has 0 saturated carbocycles. The molecule has 0 aliphatic rings. The molecule has 1 aromatic rings. The number of alkyl halides is 2. The van der Waals surface area contributed by atoms with Gasteiger partial charge in [-0.25, -0.2) is 0 Å². The highest BCUT2D eigenvalue weighted by Crippen LogP contribution is 2.24. The zero-order chi connectivity index (χ0) is 9.90. The Morgan fingerprint density at radius 3 is 2.69 bits per heavy atom. The van der Waals surface area contributed by atoms with E-state index in [1.165, 1.54) is 18.2 Å².